The number of hydrogen-bond donors (Lipinski definition) is 1. The summed E-state index contributed by atoms with van der Waals surface area (Å²) in [4.78, 5) is 10.8. The molecule has 0 aliphatic carbocycles. The Morgan fingerprint density at radius 3 is 2.42 bits per heavy atom. The fourth-order valence-electron chi connectivity index (χ4n) is 3.91. The highest BCUT2D eigenvalue weighted by Gasteiger charge is 2.17. The van der Waals surface area contributed by atoms with E-state index in [1.165, 1.54) is 18.2 Å². The Morgan fingerprint density at radius 1 is 1.00 bits per heavy atom. The average molecular weight is 441 g/mol. The maximum absolute atomic E-state index is 13.7. The summed E-state index contributed by atoms with van der Waals surface area (Å²) in [6.07, 6.45) is 5.64. The monoisotopic (exact) mass is 440 g/mol. The minimum atomic E-state index is -0.991. The van der Waals surface area contributed by atoms with E-state index in [-0.39, 0.29) is 5.82 Å². The number of hydrogen-bond acceptors (Lipinski definition) is 2. The van der Waals surface area contributed by atoms with Gasteiger partial charge in [0.25, 0.3) is 0 Å². The molecule has 4 heteroatoms. The highest BCUT2D eigenvalue weighted by atomic mass is 19.1. The third-order valence-corrected chi connectivity index (χ3v) is 5.53. The molecule has 1 N–H and O–H groups in total. The van der Waals surface area contributed by atoms with Gasteiger partial charge in [-0.15, -0.1) is 0 Å². The van der Waals surface area contributed by atoms with Gasteiger partial charge in [0.1, 0.15) is 17.3 Å². The van der Waals surface area contributed by atoms with E-state index in [9.17, 15) is 9.18 Å². The zero-order valence-electron chi connectivity index (χ0n) is 18.4. The summed E-state index contributed by atoms with van der Waals surface area (Å²) in [5.74, 6) is 0.111. The van der Waals surface area contributed by atoms with Crippen molar-refractivity contribution < 1.29 is 19.0 Å². The van der Waals surface area contributed by atoms with Crippen LogP contribution >= 0.6 is 0 Å². The van der Waals surface area contributed by atoms with Crippen molar-refractivity contribution in [1.82, 2.24) is 0 Å². The topological polar surface area (TPSA) is 46.5 Å². The van der Waals surface area contributed by atoms with Gasteiger partial charge in [0, 0.05) is 17.0 Å². The lowest BCUT2D eigenvalue weighted by molar-refractivity contribution is -0.131. The van der Waals surface area contributed by atoms with E-state index >= 15 is 0 Å². The molecule has 0 spiro atoms. The number of aryl methyl sites for hydroxylation is 1. The lowest BCUT2D eigenvalue weighted by Gasteiger charge is -2.19. The third kappa shape index (κ3) is 5.29. The van der Waals surface area contributed by atoms with Crippen LogP contribution in [0.1, 0.15) is 30.9 Å². The van der Waals surface area contributed by atoms with Crippen LogP contribution < -0.4 is 4.74 Å². The standard InChI is InChI=1S/C29H25FO3/c1-2-3-6-23-19-22-7-4-5-8-26(22)29(28(23)21-12-14-24(30)15-13-21)33-25-16-9-20(10-17-25)11-18-27(31)32/h4-5,7-19H,2-3,6H2,1H3,(H,31,32). The second kappa shape index (κ2) is 10.1. The zero-order valence-corrected chi connectivity index (χ0v) is 18.4. The summed E-state index contributed by atoms with van der Waals surface area (Å²) in [6.45, 7) is 2.16. The van der Waals surface area contributed by atoms with E-state index in [0.717, 1.165) is 64.1 Å². The van der Waals surface area contributed by atoms with Crippen molar-refractivity contribution in [2.24, 2.45) is 0 Å². The molecule has 4 rings (SSSR count). The van der Waals surface area contributed by atoms with E-state index in [1.807, 2.05) is 42.5 Å². The number of benzene rings is 4. The SMILES string of the molecule is CCCCc1cc2ccccc2c(Oc2ccc(C=CC(=O)O)cc2)c1-c1ccc(F)cc1. The summed E-state index contributed by atoms with van der Waals surface area (Å²) < 4.78 is 20.2. The summed E-state index contributed by atoms with van der Waals surface area (Å²) in [7, 11) is 0. The molecule has 0 radical (unpaired) electrons. The van der Waals surface area contributed by atoms with Gasteiger partial charge >= 0.3 is 5.97 Å². The summed E-state index contributed by atoms with van der Waals surface area (Å²) in [5.41, 5.74) is 3.81. The van der Waals surface area contributed by atoms with E-state index in [0.29, 0.717) is 5.75 Å². The van der Waals surface area contributed by atoms with Crippen molar-refractivity contribution in [1.29, 1.82) is 0 Å². The average Bonchev–Trinajstić information content (AvgIpc) is 2.83. The van der Waals surface area contributed by atoms with Gasteiger partial charge in [-0.2, -0.15) is 0 Å². The van der Waals surface area contributed by atoms with Crippen LogP contribution in [0.25, 0.3) is 28.0 Å². The molecular formula is C29H25FO3. The van der Waals surface area contributed by atoms with Crippen LogP contribution in [0.4, 0.5) is 4.39 Å². The Labute approximate surface area is 192 Å². The van der Waals surface area contributed by atoms with E-state index in [1.54, 1.807) is 12.1 Å². The van der Waals surface area contributed by atoms with E-state index in [2.05, 4.69) is 19.1 Å². The molecule has 0 aromatic heterocycles. The number of carboxylic acid groups (broad SMARTS) is 1. The number of ether oxygens (including phenoxy) is 1. The number of carboxylic acids is 1. The molecule has 0 bridgehead atoms. The Balaban J connectivity index is 1.85. The van der Waals surface area contributed by atoms with Crippen LogP contribution in [-0.2, 0) is 11.2 Å². The molecule has 166 valence electrons. The number of carbonyl (C=O) groups is 1. The largest absolute Gasteiger partial charge is 0.478 e. The Bertz CT molecular complexity index is 1290. The third-order valence-electron chi connectivity index (χ3n) is 5.53. The van der Waals surface area contributed by atoms with Gasteiger partial charge in [-0.3, -0.25) is 0 Å². The van der Waals surface area contributed by atoms with Gasteiger partial charge in [-0.25, -0.2) is 9.18 Å². The van der Waals surface area contributed by atoms with Crippen molar-refractivity contribution in [3.8, 4) is 22.6 Å². The van der Waals surface area contributed by atoms with Crippen molar-refractivity contribution in [2.45, 2.75) is 26.2 Å². The van der Waals surface area contributed by atoms with Crippen molar-refractivity contribution >= 4 is 22.8 Å². The van der Waals surface area contributed by atoms with Crippen LogP contribution in [0.2, 0.25) is 0 Å². The van der Waals surface area contributed by atoms with Crippen LogP contribution in [0, 0.1) is 5.82 Å². The first-order valence-corrected chi connectivity index (χ1v) is 11.0. The van der Waals surface area contributed by atoms with E-state index in [4.69, 9.17) is 9.84 Å². The number of fused-ring (bicyclic) bond motifs is 1. The molecule has 4 aromatic carbocycles. The maximum atomic E-state index is 13.7. The number of unbranched alkanes of at least 4 members (excludes halogenated alkanes) is 1. The molecule has 33 heavy (non-hydrogen) atoms. The summed E-state index contributed by atoms with van der Waals surface area (Å²) in [5, 5.41) is 10.9. The second-order valence-corrected chi connectivity index (χ2v) is 7.91. The van der Waals surface area contributed by atoms with Crippen molar-refractivity contribution in [3.05, 3.63) is 102 Å². The lowest BCUT2D eigenvalue weighted by atomic mass is 9.91. The van der Waals surface area contributed by atoms with Crippen LogP contribution in [0.15, 0.2) is 84.9 Å². The molecule has 0 atom stereocenters. The lowest BCUT2D eigenvalue weighted by Crippen LogP contribution is -1.97. The van der Waals surface area contributed by atoms with Crippen molar-refractivity contribution in [3.63, 3.8) is 0 Å². The van der Waals surface area contributed by atoms with Crippen LogP contribution in [0.3, 0.4) is 0 Å². The van der Waals surface area contributed by atoms with Gasteiger partial charge in [0.2, 0.25) is 0 Å². The normalized spacial score (nSPS) is 11.2. The maximum Gasteiger partial charge on any atom is 0.328 e. The molecule has 0 unspecified atom stereocenters. The second-order valence-electron chi connectivity index (χ2n) is 7.91. The highest BCUT2D eigenvalue weighted by Crippen LogP contribution is 2.43. The molecule has 0 saturated carbocycles. The van der Waals surface area contributed by atoms with Crippen LogP contribution in [0.5, 0.6) is 11.5 Å². The summed E-state index contributed by atoms with van der Waals surface area (Å²) in [6, 6.07) is 24.1. The van der Waals surface area contributed by atoms with Gasteiger partial charge in [-0.05, 0) is 65.3 Å². The van der Waals surface area contributed by atoms with Gasteiger partial charge < -0.3 is 9.84 Å². The smallest absolute Gasteiger partial charge is 0.328 e. The predicted molar refractivity (Wildman–Crippen MR) is 131 cm³/mol. The predicted octanol–water partition coefficient (Wildman–Crippen LogP) is 7.88. The molecule has 0 fully saturated rings. The molecule has 3 nitrogen and oxygen atoms in total. The van der Waals surface area contributed by atoms with Crippen LogP contribution in [-0.4, -0.2) is 11.1 Å². The fourth-order valence-corrected chi connectivity index (χ4v) is 3.91. The summed E-state index contributed by atoms with van der Waals surface area (Å²) >= 11 is 0. The highest BCUT2D eigenvalue weighted by molar-refractivity contribution is 5.97. The fraction of sp³-hybridized carbons (Fsp3) is 0.138. The molecule has 4 aromatic rings. The molecule has 0 heterocycles. The Hall–Kier alpha value is -3.92. The first kappa shape index (κ1) is 22.3. The van der Waals surface area contributed by atoms with Gasteiger partial charge in [0.15, 0.2) is 0 Å². The number of aliphatic carboxylic acids is 1. The number of rotatable bonds is 8. The molecule has 0 saturated heterocycles. The molecule has 0 amide bonds. The zero-order chi connectivity index (χ0) is 23.2. The minimum Gasteiger partial charge on any atom is -0.478 e. The first-order chi connectivity index (χ1) is 16.0. The molecule has 0 aliphatic rings. The Kier molecular flexibility index (Phi) is 6.84. The molecular weight excluding hydrogens is 415 g/mol. The van der Waals surface area contributed by atoms with Gasteiger partial charge in [0.05, 0.1) is 0 Å². The van der Waals surface area contributed by atoms with E-state index < -0.39 is 5.97 Å². The quantitative estimate of drug-likeness (QED) is 0.284. The first-order valence-electron chi connectivity index (χ1n) is 11.0. The molecule has 0 aliphatic heterocycles. The number of halogens is 1. The van der Waals surface area contributed by atoms with Crippen molar-refractivity contribution in [2.75, 3.05) is 0 Å². The van der Waals surface area contributed by atoms with Gasteiger partial charge in [-0.1, -0.05) is 67.9 Å². The minimum absolute atomic E-state index is 0.276. The Morgan fingerprint density at radius 2 is 1.73 bits per heavy atom.